The summed E-state index contributed by atoms with van der Waals surface area (Å²) in [4.78, 5) is 29.8. The minimum Gasteiger partial charge on any atom is -0.481 e. The molecule has 1 amide bonds. The Bertz CT molecular complexity index is 616. The lowest BCUT2D eigenvalue weighted by Crippen LogP contribution is -2.47. The number of likely N-dealkylation sites (N-methyl/N-ethyl adjacent to an activating group) is 1. The third kappa shape index (κ3) is 4.41. The van der Waals surface area contributed by atoms with Gasteiger partial charge in [0.1, 0.15) is 5.82 Å². The van der Waals surface area contributed by atoms with Gasteiger partial charge < -0.3 is 10.4 Å². The Balaban J connectivity index is 2.18. The molecule has 24 heavy (non-hydrogen) atoms. The average molecular weight is 331 g/mol. The van der Waals surface area contributed by atoms with E-state index in [9.17, 15) is 9.59 Å². The molecule has 0 radical (unpaired) electrons. The van der Waals surface area contributed by atoms with Crippen LogP contribution in [0.25, 0.3) is 0 Å². The standard InChI is InChI=1S/C18H25N3O3/c1-3-6-15(19-2)18(24)21-12-5-7-13-10-11-14(20-17(13)21)8-4-9-16(22)23/h3,10-11,15,19H,1,4-9,12H2,2H3,(H,22,23). The Morgan fingerprint density at radius 3 is 2.96 bits per heavy atom. The summed E-state index contributed by atoms with van der Waals surface area (Å²) in [5.74, 6) is -0.0667. The molecule has 1 atom stereocenters. The van der Waals surface area contributed by atoms with E-state index in [1.807, 2.05) is 12.1 Å². The van der Waals surface area contributed by atoms with Crippen LogP contribution in [0.15, 0.2) is 24.8 Å². The molecular weight excluding hydrogens is 306 g/mol. The predicted octanol–water partition coefficient (Wildman–Crippen LogP) is 1.93. The van der Waals surface area contributed by atoms with Crippen LogP contribution < -0.4 is 10.2 Å². The van der Waals surface area contributed by atoms with Crippen molar-refractivity contribution in [2.24, 2.45) is 0 Å². The highest BCUT2D eigenvalue weighted by molar-refractivity contribution is 5.97. The van der Waals surface area contributed by atoms with Gasteiger partial charge in [-0.2, -0.15) is 0 Å². The second kappa shape index (κ2) is 8.59. The molecule has 6 heteroatoms. The number of aliphatic carboxylic acids is 1. The van der Waals surface area contributed by atoms with E-state index in [0.29, 0.717) is 25.8 Å². The van der Waals surface area contributed by atoms with Crippen molar-refractivity contribution in [2.45, 2.75) is 44.6 Å². The minimum absolute atomic E-state index is 0.00790. The molecular formula is C18H25N3O3. The quantitative estimate of drug-likeness (QED) is 0.711. The number of nitrogens with one attached hydrogen (secondary N) is 1. The summed E-state index contributed by atoms with van der Waals surface area (Å²) in [6, 6.07) is 3.65. The smallest absolute Gasteiger partial charge is 0.303 e. The highest BCUT2D eigenvalue weighted by Crippen LogP contribution is 2.26. The van der Waals surface area contributed by atoms with Gasteiger partial charge >= 0.3 is 5.97 Å². The summed E-state index contributed by atoms with van der Waals surface area (Å²) in [6.45, 7) is 4.37. The number of carbonyl (C=O) groups excluding carboxylic acids is 1. The maximum absolute atomic E-state index is 12.8. The number of hydrogen-bond donors (Lipinski definition) is 2. The molecule has 130 valence electrons. The monoisotopic (exact) mass is 331 g/mol. The number of nitrogens with zero attached hydrogens (tertiary/aromatic N) is 2. The number of carbonyl (C=O) groups is 2. The molecule has 0 saturated heterocycles. The molecule has 1 unspecified atom stereocenters. The Morgan fingerprint density at radius 2 is 2.29 bits per heavy atom. The van der Waals surface area contributed by atoms with E-state index in [1.54, 1.807) is 18.0 Å². The van der Waals surface area contributed by atoms with Crippen LogP contribution in [0, 0.1) is 0 Å². The van der Waals surface area contributed by atoms with Crippen molar-refractivity contribution in [1.82, 2.24) is 10.3 Å². The number of fused-ring (bicyclic) bond motifs is 1. The van der Waals surface area contributed by atoms with Crippen LogP contribution in [0.5, 0.6) is 0 Å². The van der Waals surface area contributed by atoms with Crippen LogP contribution in [0.1, 0.15) is 36.9 Å². The largest absolute Gasteiger partial charge is 0.481 e. The van der Waals surface area contributed by atoms with Crippen molar-refractivity contribution >= 4 is 17.7 Å². The predicted molar refractivity (Wildman–Crippen MR) is 93.1 cm³/mol. The molecule has 0 aliphatic carbocycles. The number of pyridine rings is 1. The van der Waals surface area contributed by atoms with Gasteiger partial charge in [0.15, 0.2) is 0 Å². The van der Waals surface area contributed by atoms with E-state index >= 15 is 0 Å². The van der Waals surface area contributed by atoms with Gasteiger partial charge in [-0.15, -0.1) is 6.58 Å². The van der Waals surface area contributed by atoms with Gasteiger partial charge in [0.2, 0.25) is 5.91 Å². The maximum Gasteiger partial charge on any atom is 0.303 e. The zero-order chi connectivity index (χ0) is 17.5. The molecule has 2 heterocycles. The van der Waals surface area contributed by atoms with Crippen LogP contribution in [-0.4, -0.2) is 41.6 Å². The van der Waals surface area contributed by atoms with E-state index in [1.165, 1.54) is 0 Å². The van der Waals surface area contributed by atoms with Gasteiger partial charge in [-0.25, -0.2) is 4.98 Å². The van der Waals surface area contributed by atoms with Crippen LogP contribution in [0.2, 0.25) is 0 Å². The lowest BCUT2D eigenvalue weighted by Gasteiger charge is -2.31. The molecule has 0 spiro atoms. The summed E-state index contributed by atoms with van der Waals surface area (Å²) in [5, 5.41) is 11.8. The molecule has 2 rings (SSSR count). The zero-order valence-electron chi connectivity index (χ0n) is 14.1. The number of aryl methyl sites for hydroxylation is 2. The number of amides is 1. The number of anilines is 1. The second-order valence-electron chi connectivity index (χ2n) is 5.99. The molecule has 1 aliphatic heterocycles. The number of rotatable bonds is 8. The Labute approximate surface area is 142 Å². The Kier molecular flexibility index (Phi) is 6.49. The summed E-state index contributed by atoms with van der Waals surface area (Å²) >= 11 is 0. The third-order valence-electron chi connectivity index (χ3n) is 4.24. The Hall–Kier alpha value is -2.21. The highest BCUT2D eigenvalue weighted by Gasteiger charge is 2.28. The number of hydrogen-bond acceptors (Lipinski definition) is 4. The molecule has 0 aromatic carbocycles. The lowest BCUT2D eigenvalue weighted by molar-refractivity contribution is -0.137. The second-order valence-corrected chi connectivity index (χ2v) is 5.99. The number of carboxylic acid groups (broad SMARTS) is 1. The van der Waals surface area contributed by atoms with Gasteiger partial charge in [0.05, 0.1) is 6.04 Å². The van der Waals surface area contributed by atoms with Crippen molar-refractivity contribution in [2.75, 3.05) is 18.5 Å². The normalized spacial score (nSPS) is 14.8. The maximum atomic E-state index is 12.8. The first-order chi connectivity index (χ1) is 11.6. The minimum atomic E-state index is -0.800. The van der Waals surface area contributed by atoms with E-state index < -0.39 is 5.97 Å². The molecule has 1 aliphatic rings. The van der Waals surface area contributed by atoms with E-state index in [4.69, 9.17) is 5.11 Å². The first kappa shape index (κ1) is 18.1. The molecule has 0 saturated carbocycles. The molecule has 2 N–H and O–H groups in total. The fourth-order valence-electron chi connectivity index (χ4n) is 2.95. The molecule has 6 nitrogen and oxygen atoms in total. The van der Waals surface area contributed by atoms with Gasteiger partial charge in [-0.05, 0) is 50.8 Å². The fourth-order valence-corrected chi connectivity index (χ4v) is 2.95. The number of carboxylic acids is 1. The molecule has 0 bridgehead atoms. The molecule has 1 aromatic heterocycles. The van der Waals surface area contributed by atoms with E-state index in [0.717, 1.165) is 29.9 Å². The van der Waals surface area contributed by atoms with Crippen LogP contribution in [0.3, 0.4) is 0 Å². The first-order valence-electron chi connectivity index (χ1n) is 8.37. The first-order valence-corrected chi connectivity index (χ1v) is 8.37. The van der Waals surface area contributed by atoms with Gasteiger partial charge in [0, 0.05) is 18.7 Å². The summed E-state index contributed by atoms with van der Waals surface area (Å²) in [7, 11) is 1.77. The zero-order valence-corrected chi connectivity index (χ0v) is 14.1. The van der Waals surface area contributed by atoms with E-state index in [-0.39, 0.29) is 18.4 Å². The van der Waals surface area contributed by atoms with Crippen molar-refractivity contribution in [3.8, 4) is 0 Å². The molecule has 0 fully saturated rings. The van der Waals surface area contributed by atoms with Gasteiger partial charge in [0.25, 0.3) is 0 Å². The highest BCUT2D eigenvalue weighted by atomic mass is 16.4. The molecule has 1 aromatic rings. The SMILES string of the molecule is C=CCC(NC)C(=O)N1CCCc2ccc(CCCC(=O)O)nc21. The van der Waals surface area contributed by atoms with Crippen molar-refractivity contribution < 1.29 is 14.7 Å². The number of aromatic nitrogens is 1. The van der Waals surface area contributed by atoms with Crippen LogP contribution in [0.4, 0.5) is 5.82 Å². The fraction of sp³-hybridized carbons (Fsp3) is 0.500. The third-order valence-corrected chi connectivity index (χ3v) is 4.24. The van der Waals surface area contributed by atoms with Crippen LogP contribution in [-0.2, 0) is 22.4 Å². The van der Waals surface area contributed by atoms with Crippen molar-refractivity contribution in [3.63, 3.8) is 0 Å². The van der Waals surface area contributed by atoms with Gasteiger partial charge in [-0.3, -0.25) is 14.5 Å². The lowest BCUT2D eigenvalue weighted by atomic mass is 10.0. The summed E-state index contributed by atoms with van der Waals surface area (Å²) in [5.41, 5.74) is 1.91. The van der Waals surface area contributed by atoms with E-state index in [2.05, 4.69) is 16.9 Å². The van der Waals surface area contributed by atoms with Crippen molar-refractivity contribution in [3.05, 3.63) is 36.0 Å². The Morgan fingerprint density at radius 1 is 1.50 bits per heavy atom. The summed E-state index contributed by atoms with van der Waals surface area (Å²) < 4.78 is 0. The van der Waals surface area contributed by atoms with Crippen LogP contribution >= 0.6 is 0 Å². The summed E-state index contributed by atoms with van der Waals surface area (Å²) in [6.07, 6.45) is 5.41. The average Bonchev–Trinajstić information content (AvgIpc) is 2.58. The van der Waals surface area contributed by atoms with Gasteiger partial charge in [-0.1, -0.05) is 12.1 Å². The van der Waals surface area contributed by atoms with Crippen molar-refractivity contribution in [1.29, 1.82) is 0 Å². The topological polar surface area (TPSA) is 82.5 Å².